The molecule has 2 rings (SSSR count). The van der Waals surface area contributed by atoms with E-state index in [2.05, 4.69) is 5.32 Å². The van der Waals surface area contributed by atoms with Crippen LogP contribution in [0.1, 0.15) is 20.8 Å². The highest BCUT2D eigenvalue weighted by atomic mass is 19.1. The van der Waals surface area contributed by atoms with Crippen LogP contribution in [-0.2, 0) is 4.79 Å². The van der Waals surface area contributed by atoms with Gasteiger partial charge >= 0.3 is 0 Å². The van der Waals surface area contributed by atoms with Crippen LogP contribution in [0.5, 0.6) is 17.2 Å². The fourth-order valence-electron chi connectivity index (χ4n) is 2.11. The number of carbonyl (C=O) groups is 1. The summed E-state index contributed by atoms with van der Waals surface area (Å²) in [5.41, 5.74) is -0.353. The van der Waals surface area contributed by atoms with Crippen LogP contribution in [0.2, 0.25) is 0 Å². The van der Waals surface area contributed by atoms with Crippen molar-refractivity contribution in [2.45, 2.75) is 26.9 Å². The average Bonchev–Trinajstić information content (AvgIpc) is 2.62. The Morgan fingerprint density at radius 1 is 1.15 bits per heavy atom. The van der Waals surface area contributed by atoms with Gasteiger partial charge in [0, 0.05) is 12.6 Å². The number of amides is 1. The lowest BCUT2D eigenvalue weighted by molar-refractivity contribution is -0.385. The van der Waals surface area contributed by atoms with Gasteiger partial charge in [-0.2, -0.15) is 0 Å². The Hall–Kier alpha value is -3.16. The van der Waals surface area contributed by atoms with Gasteiger partial charge in [0.1, 0.15) is 11.5 Å². The molecule has 1 amide bonds. The number of non-ortho nitro benzene ring substituents is 1. The lowest BCUT2D eigenvalue weighted by Gasteiger charge is -2.16. The first kappa shape index (κ1) is 20.2. The van der Waals surface area contributed by atoms with Crippen molar-refractivity contribution in [3.8, 4) is 17.2 Å². The van der Waals surface area contributed by atoms with Gasteiger partial charge < -0.3 is 14.8 Å². The minimum atomic E-state index is -0.833. The summed E-state index contributed by atoms with van der Waals surface area (Å²) in [6.45, 7) is 6.21. The number of hydrogen-bond acceptors (Lipinski definition) is 5. The zero-order chi connectivity index (χ0) is 20.0. The van der Waals surface area contributed by atoms with E-state index in [1.807, 2.05) is 13.8 Å². The van der Waals surface area contributed by atoms with E-state index in [0.29, 0.717) is 24.0 Å². The zero-order valence-corrected chi connectivity index (χ0v) is 15.3. The summed E-state index contributed by atoms with van der Waals surface area (Å²) >= 11 is 0. The Bertz CT molecular complexity index is 808. The van der Waals surface area contributed by atoms with Crippen LogP contribution in [0.15, 0.2) is 42.5 Å². The third-order valence-electron chi connectivity index (χ3n) is 3.54. The van der Waals surface area contributed by atoms with Crippen molar-refractivity contribution in [1.29, 1.82) is 0 Å². The predicted octanol–water partition coefficient (Wildman–Crippen LogP) is 4.07. The minimum Gasteiger partial charge on any atom is -0.481 e. The number of hydrogen-bond donors (Lipinski definition) is 1. The molecule has 0 fully saturated rings. The molecular weight excluding hydrogens is 355 g/mol. The fraction of sp³-hybridized carbons (Fsp3) is 0.316. The second-order valence-corrected chi connectivity index (χ2v) is 6.34. The van der Waals surface area contributed by atoms with Crippen molar-refractivity contribution in [3.63, 3.8) is 0 Å². The number of rotatable bonds is 8. The monoisotopic (exact) mass is 376 g/mol. The van der Waals surface area contributed by atoms with Gasteiger partial charge in [-0.15, -0.1) is 0 Å². The molecule has 8 heteroatoms. The molecule has 2 aromatic rings. The van der Waals surface area contributed by atoms with Gasteiger partial charge in [0.15, 0.2) is 17.7 Å². The molecule has 0 saturated carbocycles. The standard InChI is InChI=1S/C19H21FN2O5/c1-12(2)11-21-19(23)13(3)26-15-5-7-16(8-6-15)27-18-9-4-14(22(24)25)10-17(18)20/h4-10,12-13H,11H2,1-3H3,(H,21,23). The summed E-state index contributed by atoms with van der Waals surface area (Å²) in [7, 11) is 0. The van der Waals surface area contributed by atoms with Crippen molar-refractivity contribution in [2.75, 3.05) is 6.54 Å². The highest BCUT2D eigenvalue weighted by Crippen LogP contribution is 2.28. The number of benzene rings is 2. The Morgan fingerprint density at radius 3 is 2.33 bits per heavy atom. The van der Waals surface area contributed by atoms with E-state index < -0.39 is 16.8 Å². The van der Waals surface area contributed by atoms with Crippen molar-refractivity contribution in [2.24, 2.45) is 5.92 Å². The first-order valence-corrected chi connectivity index (χ1v) is 8.42. The number of halogens is 1. The van der Waals surface area contributed by atoms with Gasteiger partial charge in [0.2, 0.25) is 0 Å². The lowest BCUT2D eigenvalue weighted by Crippen LogP contribution is -2.38. The van der Waals surface area contributed by atoms with Crippen molar-refractivity contribution in [3.05, 3.63) is 58.4 Å². The van der Waals surface area contributed by atoms with Crippen molar-refractivity contribution in [1.82, 2.24) is 5.32 Å². The predicted molar refractivity (Wildman–Crippen MR) is 97.5 cm³/mol. The summed E-state index contributed by atoms with van der Waals surface area (Å²) in [6, 6.07) is 9.43. The van der Waals surface area contributed by atoms with Gasteiger partial charge in [-0.25, -0.2) is 4.39 Å². The maximum absolute atomic E-state index is 13.9. The Morgan fingerprint density at radius 2 is 1.78 bits per heavy atom. The number of nitro benzene ring substituents is 1. The van der Waals surface area contributed by atoms with Gasteiger partial charge in [0.25, 0.3) is 11.6 Å². The smallest absolute Gasteiger partial charge is 0.272 e. The molecule has 144 valence electrons. The molecule has 7 nitrogen and oxygen atoms in total. The second-order valence-electron chi connectivity index (χ2n) is 6.34. The maximum atomic E-state index is 13.9. The number of ether oxygens (including phenoxy) is 2. The van der Waals surface area contributed by atoms with Crippen molar-refractivity contribution >= 4 is 11.6 Å². The van der Waals surface area contributed by atoms with Crippen LogP contribution in [-0.4, -0.2) is 23.5 Å². The molecule has 0 bridgehead atoms. The Kier molecular flexibility index (Phi) is 6.70. The summed E-state index contributed by atoms with van der Waals surface area (Å²) in [4.78, 5) is 21.9. The van der Waals surface area contributed by atoms with Crippen LogP contribution in [0.25, 0.3) is 0 Å². The molecule has 1 unspecified atom stereocenters. The van der Waals surface area contributed by atoms with Gasteiger partial charge in [-0.1, -0.05) is 13.8 Å². The van der Waals surface area contributed by atoms with E-state index >= 15 is 0 Å². The van der Waals surface area contributed by atoms with E-state index in [1.165, 1.54) is 6.07 Å². The number of nitro groups is 1. The van der Waals surface area contributed by atoms with Crippen molar-refractivity contribution < 1.29 is 23.6 Å². The number of nitrogens with zero attached hydrogens (tertiary/aromatic N) is 1. The molecule has 0 aliphatic heterocycles. The van der Waals surface area contributed by atoms with Crippen LogP contribution in [0, 0.1) is 21.8 Å². The molecule has 0 spiro atoms. The van der Waals surface area contributed by atoms with Gasteiger partial charge in [-0.3, -0.25) is 14.9 Å². The van der Waals surface area contributed by atoms with E-state index in [9.17, 15) is 19.3 Å². The minimum absolute atomic E-state index is 0.129. The van der Waals surface area contributed by atoms with Crippen LogP contribution < -0.4 is 14.8 Å². The molecular formula is C19H21FN2O5. The molecule has 0 saturated heterocycles. The largest absolute Gasteiger partial charge is 0.481 e. The molecule has 0 radical (unpaired) electrons. The average molecular weight is 376 g/mol. The number of carbonyl (C=O) groups excluding carboxylic acids is 1. The first-order chi connectivity index (χ1) is 12.8. The molecule has 0 aromatic heterocycles. The molecule has 0 aliphatic carbocycles. The number of nitrogens with one attached hydrogen (secondary N) is 1. The summed E-state index contributed by atoms with van der Waals surface area (Å²) in [5, 5.41) is 13.4. The molecule has 1 N–H and O–H groups in total. The van der Waals surface area contributed by atoms with Crippen LogP contribution in [0.3, 0.4) is 0 Å². The molecule has 0 heterocycles. The third-order valence-corrected chi connectivity index (χ3v) is 3.54. The summed E-state index contributed by atoms with van der Waals surface area (Å²) in [5.74, 6) is -0.0456. The highest BCUT2D eigenvalue weighted by molar-refractivity contribution is 5.80. The highest BCUT2D eigenvalue weighted by Gasteiger charge is 2.15. The van der Waals surface area contributed by atoms with E-state index in [-0.39, 0.29) is 17.3 Å². The summed E-state index contributed by atoms with van der Waals surface area (Å²) in [6.07, 6.45) is -0.664. The molecule has 1 atom stereocenters. The SMILES string of the molecule is CC(C)CNC(=O)C(C)Oc1ccc(Oc2ccc([N+](=O)[O-])cc2F)cc1. The molecule has 27 heavy (non-hydrogen) atoms. The van der Waals surface area contributed by atoms with E-state index in [4.69, 9.17) is 9.47 Å². The maximum Gasteiger partial charge on any atom is 0.272 e. The first-order valence-electron chi connectivity index (χ1n) is 8.42. The quantitative estimate of drug-likeness (QED) is 0.554. The summed E-state index contributed by atoms with van der Waals surface area (Å²) < 4.78 is 24.8. The second kappa shape index (κ2) is 8.98. The van der Waals surface area contributed by atoms with E-state index in [1.54, 1.807) is 31.2 Å². The third kappa shape index (κ3) is 5.95. The molecule has 2 aromatic carbocycles. The topological polar surface area (TPSA) is 90.7 Å². The Labute approximate surface area is 156 Å². The van der Waals surface area contributed by atoms with Crippen LogP contribution >= 0.6 is 0 Å². The van der Waals surface area contributed by atoms with Gasteiger partial charge in [-0.05, 0) is 43.2 Å². The lowest BCUT2D eigenvalue weighted by atomic mass is 10.2. The normalized spacial score (nSPS) is 11.7. The Balaban J connectivity index is 1.97. The zero-order valence-electron chi connectivity index (χ0n) is 15.3. The van der Waals surface area contributed by atoms with E-state index in [0.717, 1.165) is 12.1 Å². The fourth-order valence-corrected chi connectivity index (χ4v) is 2.11. The van der Waals surface area contributed by atoms with Gasteiger partial charge in [0.05, 0.1) is 11.0 Å². The molecule has 0 aliphatic rings. The van der Waals surface area contributed by atoms with Crippen LogP contribution in [0.4, 0.5) is 10.1 Å².